The van der Waals surface area contributed by atoms with Crippen molar-refractivity contribution in [2.45, 2.75) is 33.4 Å². The van der Waals surface area contributed by atoms with Gasteiger partial charge in [0.2, 0.25) is 0 Å². The number of hydrogen-bond donors (Lipinski definition) is 1. The van der Waals surface area contributed by atoms with Crippen molar-refractivity contribution >= 4 is 5.97 Å². The summed E-state index contributed by atoms with van der Waals surface area (Å²) in [4.78, 5) is 12.8. The highest BCUT2D eigenvalue weighted by atomic mass is 19.3. The molecule has 0 saturated heterocycles. The molecule has 0 radical (unpaired) electrons. The number of benzene rings is 1. The molecule has 0 spiro atoms. The van der Waals surface area contributed by atoms with Crippen molar-refractivity contribution in [1.29, 1.82) is 0 Å². The van der Waals surface area contributed by atoms with E-state index in [2.05, 4.69) is 4.74 Å². The van der Waals surface area contributed by atoms with Crippen LogP contribution in [0.25, 0.3) is 0 Å². The third-order valence-corrected chi connectivity index (χ3v) is 3.05. The Kier molecular flexibility index (Phi) is 6.55. The highest BCUT2D eigenvalue weighted by Crippen LogP contribution is 2.25. The maximum atomic E-state index is 12.2. The average molecular weight is 301 g/mol. The van der Waals surface area contributed by atoms with Gasteiger partial charge in [0.05, 0.1) is 6.54 Å². The minimum Gasteiger partial charge on any atom is -0.480 e. The number of carbonyl (C=O) groups is 1. The van der Waals surface area contributed by atoms with Crippen molar-refractivity contribution in [2.75, 3.05) is 13.1 Å². The zero-order chi connectivity index (χ0) is 16.0. The van der Waals surface area contributed by atoms with Crippen LogP contribution in [0, 0.1) is 5.92 Å². The Bertz CT molecular complexity index is 466. The molecule has 4 nitrogen and oxygen atoms in total. The third kappa shape index (κ3) is 6.08. The van der Waals surface area contributed by atoms with E-state index in [4.69, 9.17) is 5.11 Å². The number of nitrogens with zero attached hydrogens (tertiary/aromatic N) is 1. The summed E-state index contributed by atoms with van der Waals surface area (Å²) in [6, 6.07) is 6.17. The molecule has 0 heterocycles. The topological polar surface area (TPSA) is 49.8 Å². The highest BCUT2D eigenvalue weighted by Gasteiger charge is 2.20. The number of rotatable bonds is 8. The number of ether oxygens (including phenoxy) is 1. The molecule has 1 aromatic rings. The molecule has 0 fully saturated rings. The summed E-state index contributed by atoms with van der Waals surface area (Å²) in [6.07, 6.45) is 0. The normalized spacial score (nSPS) is 13.0. The molecule has 1 N–H and O–H groups in total. The Labute approximate surface area is 123 Å². The number of carboxylic acid groups (broad SMARTS) is 1. The van der Waals surface area contributed by atoms with E-state index < -0.39 is 12.6 Å². The molecule has 118 valence electrons. The van der Waals surface area contributed by atoms with Gasteiger partial charge in [0.15, 0.2) is 0 Å². The Morgan fingerprint density at radius 3 is 2.52 bits per heavy atom. The molecule has 0 aromatic heterocycles. The average Bonchev–Trinajstić information content (AvgIpc) is 2.35. The monoisotopic (exact) mass is 301 g/mol. The summed E-state index contributed by atoms with van der Waals surface area (Å²) >= 11 is 0. The van der Waals surface area contributed by atoms with E-state index in [0.717, 1.165) is 5.56 Å². The van der Waals surface area contributed by atoms with Crippen molar-refractivity contribution in [3.8, 4) is 5.75 Å². The predicted molar refractivity (Wildman–Crippen MR) is 75.5 cm³/mol. The van der Waals surface area contributed by atoms with Crippen LogP contribution in [0.5, 0.6) is 5.75 Å². The van der Waals surface area contributed by atoms with Crippen LogP contribution in [0.3, 0.4) is 0 Å². The first-order valence-electron chi connectivity index (χ1n) is 6.80. The number of hydrogen-bond acceptors (Lipinski definition) is 3. The molecular weight excluding hydrogens is 280 g/mol. The molecule has 1 aromatic carbocycles. The first-order valence-corrected chi connectivity index (χ1v) is 6.80. The van der Waals surface area contributed by atoms with Crippen LogP contribution >= 0.6 is 0 Å². The van der Waals surface area contributed by atoms with Gasteiger partial charge in [0.1, 0.15) is 5.75 Å². The summed E-state index contributed by atoms with van der Waals surface area (Å²) in [7, 11) is 0. The van der Waals surface area contributed by atoms with Gasteiger partial charge in [-0.1, -0.05) is 26.0 Å². The van der Waals surface area contributed by atoms with Gasteiger partial charge in [-0.3, -0.25) is 9.69 Å². The van der Waals surface area contributed by atoms with E-state index in [1.807, 2.05) is 20.8 Å². The van der Waals surface area contributed by atoms with Crippen LogP contribution < -0.4 is 4.74 Å². The van der Waals surface area contributed by atoms with Crippen molar-refractivity contribution in [3.05, 3.63) is 29.8 Å². The number of aliphatic carboxylic acids is 1. The molecule has 21 heavy (non-hydrogen) atoms. The first kappa shape index (κ1) is 17.4. The van der Waals surface area contributed by atoms with Crippen molar-refractivity contribution in [1.82, 2.24) is 4.90 Å². The van der Waals surface area contributed by atoms with E-state index >= 15 is 0 Å². The van der Waals surface area contributed by atoms with E-state index in [9.17, 15) is 13.6 Å². The summed E-state index contributed by atoms with van der Waals surface area (Å²) in [5, 5.41) is 9.00. The number of alkyl halides is 2. The predicted octanol–water partition coefficient (Wildman–Crippen LogP) is 3.39. The smallest absolute Gasteiger partial charge is 0.387 e. The lowest BCUT2D eigenvalue weighted by Crippen LogP contribution is -2.35. The van der Waals surface area contributed by atoms with E-state index in [1.165, 1.54) is 12.1 Å². The molecular formula is C15H21F2NO3. The summed E-state index contributed by atoms with van der Waals surface area (Å²) in [6.45, 7) is 3.48. The lowest BCUT2D eigenvalue weighted by atomic mass is 10.0. The van der Waals surface area contributed by atoms with Gasteiger partial charge in [-0.15, -0.1) is 0 Å². The van der Waals surface area contributed by atoms with Crippen molar-refractivity contribution < 1.29 is 23.4 Å². The second-order valence-electron chi connectivity index (χ2n) is 5.34. The Hall–Kier alpha value is -1.69. The maximum absolute atomic E-state index is 12.2. The lowest BCUT2D eigenvalue weighted by Gasteiger charge is -2.29. The summed E-state index contributed by atoms with van der Waals surface area (Å²) < 4.78 is 28.9. The van der Waals surface area contributed by atoms with Gasteiger partial charge in [-0.25, -0.2) is 0 Å². The van der Waals surface area contributed by atoms with E-state index in [0.29, 0.717) is 12.5 Å². The van der Waals surface area contributed by atoms with Crippen LogP contribution in [-0.4, -0.2) is 35.7 Å². The lowest BCUT2D eigenvalue weighted by molar-refractivity contribution is -0.139. The van der Waals surface area contributed by atoms with Gasteiger partial charge in [0, 0.05) is 12.6 Å². The highest BCUT2D eigenvalue weighted by molar-refractivity contribution is 5.69. The molecule has 1 atom stereocenters. The van der Waals surface area contributed by atoms with Gasteiger partial charge in [0.25, 0.3) is 0 Å². The SMILES string of the molecule is CC(C)CN(CC(=O)O)C(C)c1cccc(OC(F)F)c1. The van der Waals surface area contributed by atoms with Gasteiger partial charge in [-0.2, -0.15) is 8.78 Å². The van der Waals surface area contributed by atoms with Gasteiger partial charge in [-0.05, 0) is 30.5 Å². The minimum atomic E-state index is -2.87. The fourth-order valence-corrected chi connectivity index (χ4v) is 2.16. The fraction of sp³-hybridized carbons (Fsp3) is 0.533. The van der Waals surface area contributed by atoms with Crippen LogP contribution in [0.15, 0.2) is 24.3 Å². The second kappa shape index (κ2) is 7.93. The third-order valence-electron chi connectivity index (χ3n) is 3.05. The Balaban J connectivity index is 2.91. The van der Waals surface area contributed by atoms with Crippen LogP contribution in [0.1, 0.15) is 32.4 Å². The number of halogens is 2. The molecule has 0 bridgehead atoms. The van der Waals surface area contributed by atoms with Crippen molar-refractivity contribution in [2.24, 2.45) is 5.92 Å². The fourth-order valence-electron chi connectivity index (χ4n) is 2.16. The van der Waals surface area contributed by atoms with Gasteiger partial charge < -0.3 is 9.84 Å². The largest absolute Gasteiger partial charge is 0.480 e. The zero-order valence-electron chi connectivity index (χ0n) is 12.4. The zero-order valence-corrected chi connectivity index (χ0v) is 12.4. The molecule has 6 heteroatoms. The Morgan fingerprint density at radius 2 is 2.00 bits per heavy atom. The van der Waals surface area contributed by atoms with E-state index in [1.54, 1.807) is 17.0 Å². The molecule has 0 aliphatic heterocycles. The maximum Gasteiger partial charge on any atom is 0.387 e. The second-order valence-corrected chi connectivity index (χ2v) is 5.34. The standard InChI is InChI=1S/C15H21F2NO3/c1-10(2)8-18(9-14(19)20)11(3)12-5-4-6-13(7-12)21-15(16)17/h4-7,10-11,15H,8-9H2,1-3H3,(H,19,20). The summed E-state index contributed by atoms with van der Waals surface area (Å²) in [5.74, 6) is -0.538. The van der Waals surface area contributed by atoms with E-state index in [-0.39, 0.29) is 18.3 Å². The molecule has 0 saturated carbocycles. The van der Waals surface area contributed by atoms with Crippen LogP contribution in [0.4, 0.5) is 8.78 Å². The molecule has 0 amide bonds. The van der Waals surface area contributed by atoms with Gasteiger partial charge >= 0.3 is 12.6 Å². The molecule has 1 unspecified atom stereocenters. The molecule has 0 aliphatic carbocycles. The number of carboxylic acids is 1. The first-order chi connectivity index (χ1) is 9.79. The quantitative estimate of drug-likeness (QED) is 0.799. The molecule has 1 rings (SSSR count). The summed E-state index contributed by atoms with van der Waals surface area (Å²) in [5.41, 5.74) is 0.745. The van der Waals surface area contributed by atoms with Crippen LogP contribution in [-0.2, 0) is 4.79 Å². The minimum absolute atomic E-state index is 0.0779. The Morgan fingerprint density at radius 1 is 1.33 bits per heavy atom. The molecule has 0 aliphatic rings. The van der Waals surface area contributed by atoms with Crippen molar-refractivity contribution in [3.63, 3.8) is 0 Å². The van der Waals surface area contributed by atoms with Crippen LogP contribution in [0.2, 0.25) is 0 Å².